The molecular weight excluding hydrogens is 356 g/mol. The summed E-state index contributed by atoms with van der Waals surface area (Å²) in [6.45, 7) is 0.286. The van der Waals surface area contributed by atoms with E-state index in [1.807, 2.05) is 30.3 Å². The van der Waals surface area contributed by atoms with Crippen LogP contribution in [0.25, 0.3) is 0 Å². The van der Waals surface area contributed by atoms with Gasteiger partial charge >= 0.3 is 0 Å². The van der Waals surface area contributed by atoms with Gasteiger partial charge in [-0.3, -0.25) is 10.1 Å². The van der Waals surface area contributed by atoms with Crippen molar-refractivity contribution in [3.05, 3.63) is 99.1 Å². The fourth-order valence-electron chi connectivity index (χ4n) is 2.81. The Labute approximate surface area is 162 Å². The minimum absolute atomic E-state index is 0.0290. The van der Waals surface area contributed by atoms with E-state index < -0.39 is 4.92 Å². The van der Waals surface area contributed by atoms with Gasteiger partial charge in [-0.1, -0.05) is 24.3 Å². The normalized spacial score (nSPS) is 10.1. The quantitative estimate of drug-likeness (QED) is 0.444. The molecule has 0 aliphatic rings. The lowest BCUT2D eigenvalue weighted by Crippen LogP contribution is -1.99. The molecule has 0 aromatic heterocycles. The Morgan fingerprint density at radius 3 is 2.43 bits per heavy atom. The lowest BCUT2D eigenvalue weighted by atomic mass is 10.0. The largest absolute Gasteiger partial charge is 0.497 e. The van der Waals surface area contributed by atoms with Crippen LogP contribution in [0.2, 0.25) is 0 Å². The van der Waals surface area contributed by atoms with Gasteiger partial charge in [-0.15, -0.1) is 0 Å². The summed E-state index contributed by atoms with van der Waals surface area (Å²) >= 11 is 0. The summed E-state index contributed by atoms with van der Waals surface area (Å²) in [4.78, 5) is 10.9. The second kappa shape index (κ2) is 8.69. The monoisotopic (exact) mass is 374 g/mol. The molecule has 0 bridgehead atoms. The van der Waals surface area contributed by atoms with Gasteiger partial charge in [-0.05, 0) is 53.4 Å². The third kappa shape index (κ3) is 4.86. The molecule has 28 heavy (non-hydrogen) atoms. The molecule has 0 unspecified atom stereocenters. The van der Waals surface area contributed by atoms with Gasteiger partial charge in [0.05, 0.1) is 29.7 Å². The van der Waals surface area contributed by atoms with Gasteiger partial charge in [0.1, 0.15) is 18.1 Å². The smallest absolute Gasteiger partial charge is 0.273 e. The topological polar surface area (TPSA) is 85.4 Å². The second-order valence-electron chi connectivity index (χ2n) is 6.22. The summed E-state index contributed by atoms with van der Waals surface area (Å²) in [5, 5.41) is 20.3. The molecule has 0 fully saturated rings. The first kappa shape index (κ1) is 18.9. The van der Waals surface area contributed by atoms with Crippen LogP contribution in [-0.4, -0.2) is 12.0 Å². The number of nitriles is 1. The molecule has 140 valence electrons. The Balaban J connectivity index is 1.80. The van der Waals surface area contributed by atoms with E-state index in [-0.39, 0.29) is 12.3 Å². The molecule has 0 aliphatic heterocycles. The predicted octanol–water partition coefficient (Wildman–Crippen LogP) is 4.64. The molecule has 6 heteroatoms. The van der Waals surface area contributed by atoms with Crippen molar-refractivity contribution in [2.75, 3.05) is 7.11 Å². The number of nitro benzene ring substituents is 1. The van der Waals surface area contributed by atoms with Crippen LogP contribution < -0.4 is 9.47 Å². The molecule has 0 saturated carbocycles. The van der Waals surface area contributed by atoms with Crippen LogP contribution in [0.15, 0.2) is 66.7 Å². The van der Waals surface area contributed by atoms with Crippen LogP contribution in [0.3, 0.4) is 0 Å². The molecule has 3 rings (SSSR count). The van der Waals surface area contributed by atoms with Crippen molar-refractivity contribution in [2.24, 2.45) is 0 Å². The lowest BCUT2D eigenvalue weighted by Gasteiger charge is -2.10. The number of non-ortho nitro benzene ring substituents is 1. The van der Waals surface area contributed by atoms with Crippen molar-refractivity contribution < 1.29 is 14.4 Å². The molecule has 0 aliphatic carbocycles. The number of hydrogen-bond acceptors (Lipinski definition) is 5. The molecule has 0 spiro atoms. The first-order chi connectivity index (χ1) is 13.6. The van der Waals surface area contributed by atoms with E-state index in [0.29, 0.717) is 17.7 Å². The number of benzene rings is 3. The lowest BCUT2D eigenvalue weighted by molar-refractivity contribution is -0.385. The van der Waals surface area contributed by atoms with E-state index in [0.717, 1.165) is 22.4 Å². The third-order valence-corrected chi connectivity index (χ3v) is 4.19. The minimum atomic E-state index is -0.435. The van der Waals surface area contributed by atoms with Crippen LogP contribution in [-0.2, 0) is 13.0 Å². The van der Waals surface area contributed by atoms with Crippen LogP contribution >= 0.6 is 0 Å². The van der Waals surface area contributed by atoms with Crippen molar-refractivity contribution in [2.45, 2.75) is 13.0 Å². The Hall–Kier alpha value is -3.85. The standard InChI is InChI=1S/C22H18N2O4/c1-27-21-7-5-16(6-8-21)15-28-22-12-19(11-20(13-22)24(25)26)10-17-3-2-4-18(9-17)14-23/h2-9,11-13H,10,15H2,1H3. The average molecular weight is 374 g/mol. The van der Waals surface area contributed by atoms with E-state index >= 15 is 0 Å². The maximum atomic E-state index is 11.3. The van der Waals surface area contributed by atoms with E-state index in [1.165, 1.54) is 12.1 Å². The van der Waals surface area contributed by atoms with Gasteiger partial charge in [-0.25, -0.2) is 0 Å². The third-order valence-electron chi connectivity index (χ3n) is 4.19. The molecule has 3 aromatic rings. The fraction of sp³-hybridized carbons (Fsp3) is 0.136. The second-order valence-corrected chi connectivity index (χ2v) is 6.22. The number of hydrogen-bond donors (Lipinski definition) is 0. The summed E-state index contributed by atoms with van der Waals surface area (Å²) in [6.07, 6.45) is 0.468. The number of rotatable bonds is 7. The molecule has 3 aromatic carbocycles. The zero-order valence-corrected chi connectivity index (χ0v) is 15.3. The SMILES string of the molecule is COc1ccc(COc2cc(Cc3cccc(C#N)c3)cc([N+](=O)[O-])c2)cc1. The van der Waals surface area contributed by atoms with Gasteiger partial charge in [0.15, 0.2) is 0 Å². The van der Waals surface area contributed by atoms with Crippen LogP contribution in [0, 0.1) is 21.4 Å². The van der Waals surface area contributed by atoms with Crippen LogP contribution in [0.1, 0.15) is 22.3 Å². The van der Waals surface area contributed by atoms with Gasteiger partial charge in [-0.2, -0.15) is 5.26 Å². The number of ether oxygens (including phenoxy) is 2. The van der Waals surface area contributed by atoms with E-state index in [2.05, 4.69) is 6.07 Å². The Morgan fingerprint density at radius 1 is 0.964 bits per heavy atom. The van der Waals surface area contributed by atoms with Crippen molar-refractivity contribution in [3.8, 4) is 17.6 Å². The predicted molar refractivity (Wildman–Crippen MR) is 104 cm³/mol. The van der Waals surface area contributed by atoms with Crippen molar-refractivity contribution in [1.82, 2.24) is 0 Å². The molecule has 0 atom stereocenters. The minimum Gasteiger partial charge on any atom is -0.497 e. The Morgan fingerprint density at radius 2 is 1.75 bits per heavy atom. The van der Waals surface area contributed by atoms with Gasteiger partial charge in [0.25, 0.3) is 5.69 Å². The highest BCUT2D eigenvalue weighted by atomic mass is 16.6. The van der Waals surface area contributed by atoms with Crippen LogP contribution in [0.4, 0.5) is 5.69 Å². The molecule has 0 amide bonds. The molecule has 0 radical (unpaired) electrons. The zero-order chi connectivity index (χ0) is 19.9. The Bertz CT molecular complexity index is 1020. The average Bonchev–Trinajstić information content (AvgIpc) is 2.72. The molecule has 0 heterocycles. The highest BCUT2D eigenvalue weighted by Gasteiger charge is 2.12. The maximum absolute atomic E-state index is 11.3. The fourth-order valence-corrected chi connectivity index (χ4v) is 2.81. The molecular formula is C22H18N2O4. The van der Waals surface area contributed by atoms with Crippen molar-refractivity contribution in [3.63, 3.8) is 0 Å². The molecule has 0 N–H and O–H groups in total. The molecule has 6 nitrogen and oxygen atoms in total. The van der Waals surface area contributed by atoms with E-state index in [9.17, 15) is 10.1 Å². The Kier molecular flexibility index (Phi) is 5.87. The van der Waals surface area contributed by atoms with Crippen molar-refractivity contribution in [1.29, 1.82) is 5.26 Å². The van der Waals surface area contributed by atoms with Gasteiger partial charge < -0.3 is 9.47 Å². The van der Waals surface area contributed by atoms with Gasteiger partial charge in [0.2, 0.25) is 0 Å². The van der Waals surface area contributed by atoms with E-state index in [4.69, 9.17) is 14.7 Å². The summed E-state index contributed by atoms with van der Waals surface area (Å²) in [5.74, 6) is 1.18. The highest BCUT2D eigenvalue weighted by Crippen LogP contribution is 2.26. The highest BCUT2D eigenvalue weighted by molar-refractivity contribution is 5.45. The number of methoxy groups -OCH3 is 1. The number of nitrogens with zero attached hydrogens (tertiary/aromatic N) is 2. The summed E-state index contributed by atoms with van der Waals surface area (Å²) < 4.78 is 10.9. The van der Waals surface area contributed by atoms with E-state index in [1.54, 1.807) is 31.4 Å². The summed E-state index contributed by atoms with van der Waals surface area (Å²) in [7, 11) is 1.60. The number of nitro groups is 1. The van der Waals surface area contributed by atoms with Crippen LogP contribution in [0.5, 0.6) is 11.5 Å². The first-order valence-corrected chi connectivity index (χ1v) is 8.60. The van der Waals surface area contributed by atoms with Crippen molar-refractivity contribution >= 4 is 5.69 Å². The summed E-state index contributed by atoms with van der Waals surface area (Å²) in [5.41, 5.74) is 3.10. The maximum Gasteiger partial charge on any atom is 0.273 e. The zero-order valence-electron chi connectivity index (χ0n) is 15.3. The molecule has 0 saturated heterocycles. The first-order valence-electron chi connectivity index (χ1n) is 8.60. The van der Waals surface area contributed by atoms with Gasteiger partial charge in [0, 0.05) is 6.07 Å². The summed E-state index contributed by atoms with van der Waals surface area (Å²) in [6, 6.07) is 21.4.